The Morgan fingerprint density at radius 2 is 2.08 bits per heavy atom. The average Bonchev–Trinajstić information content (AvgIpc) is 1.83. The van der Waals surface area contributed by atoms with Crippen molar-refractivity contribution in [2.24, 2.45) is 5.92 Å². The lowest BCUT2D eigenvalue weighted by atomic mass is 9.99. The maximum atomic E-state index is 10.4. The van der Waals surface area contributed by atoms with Crippen molar-refractivity contribution < 1.29 is 30.0 Å². The van der Waals surface area contributed by atoms with Crippen LogP contribution in [0.4, 0.5) is 0 Å². The third-order valence-corrected chi connectivity index (χ3v) is 1.75. The summed E-state index contributed by atoms with van der Waals surface area (Å²) in [6, 6.07) is 0. The quantitative estimate of drug-likeness (QED) is 0.362. The van der Waals surface area contributed by atoms with E-state index >= 15 is 0 Å². The standard InChI is InChI=1S/C6H10O6/c7-4(8)3-1-2-6(10,11)12-5(3)9/h3,5,9-11H,1-2H2,(H,7,8). The smallest absolute Gasteiger partial charge is 0.311 e. The van der Waals surface area contributed by atoms with Crippen LogP contribution in [0, 0.1) is 5.92 Å². The van der Waals surface area contributed by atoms with Crippen molar-refractivity contribution in [2.45, 2.75) is 25.1 Å². The van der Waals surface area contributed by atoms with Crippen molar-refractivity contribution in [3.05, 3.63) is 0 Å². The van der Waals surface area contributed by atoms with Crippen LogP contribution >= 0.6 is 0 Å². The van der Waals surface area contributed by atoms with Gasteiger partial charge in [-0.3, -0.25) is 9.53 Å². The van der Waals surface area contributed by atoms with Crippen molar-refractivity contribution in [2.75, 3.05) is 0 Å². The summed E-state index contributed by atoms with van der Waals surface area (Å²) in [6.07, 6.45) is -1.91. The first-order valence-corrected chi connectivity index (χ1v) is 3.46. The number of carboxylic acid groups (broad SMARTS) is 1. The highest BCUT2D eigenvalue weighted by Gasteiger charge is 2.41. The van der Waals surface area contributed by atoms with Crippen molar-refractivity contribution in [3.63, 3.8) is 0 Å². The molecule has 0 spiro atoms. The molecule has 1 saturated heterocycles. The zero-order valence-electron chi connectivity index (χ0n) is 6.17. The van der Waals surface area contributed by atoms with Crippen LogP contribution < -0.4 is 0 Å². The van der Waals surface area contributed by atoms with Crippen LogP contribution in [0.15, 0.2) is 0 Å². The largest absolute Gasteiger partial charge is 0.481 e. The molecule has 1 aliphatic rings. The lowest BCUT2D eigenvalue weighted by Gasteiger charge is -2.33. The maximum absolute atomic E-state index is 10.4. The Morgan fingerprint density at radius 3 is 2.50 bits per heavy atom. The molecular weight excluding hydrogens is 168 g/mol. The molecule has 4 N–H and O–H groups in total. The van der Waals surface area contributed by atoms with E-state index in [0.717, 1.165) is 0 Å². The van der Waals surface area contributed by atoms with Crippen LogP contribution in [0.2, 0.25) is 0 Å². The number of aliphatic hydroxyl groups excluding tert-OH is 1. The minimum atomic E-state index is -2.40. The molecule has 0 saturated carbocycles. The van der Waals surface area contributed by atoms with Crippen LogP contribution in [0.5, 0.6) is 0 Å². The van der Waals surface area contributed by atoms with E-state index in [4.69, 9.17) is 20.4 Å². The van der Waals surface area contributed by atoms with Gasteiger partial charge in [-0.2, -0.15) is 0 Å². The molecule has 1 fully saturated rings. The van der Waals surface area contributed by atoms with Gasteiger partial charge in [0.25, 0.3) is 5.97 Å². The van der Waals surface area contributed by atoms with Crippen LogP contribution in [0.3, 0.4) is 0 Å². The Hall–Kier alpha value is -0.690. The van der Waals surface area contributed by atoms with Gasteiger partial charge in [-0.05, 0) is 6.42 Å². The predicted octanol–water partition coefficient (Wildman–Crippen LogP) is -1.55. The molecule has 12 heavy (non-hydrogen) atoms. The van der Waals surface area contributed by atoms with Gasteiger partial charge in [0, 0.05) is 6.42 Å². The van der Waals surface area contributed by atoms with E-state index in [0.29, 0.717) is 0 Å². The van der Waals surface area contributed by atoms with E-state index in [9.17, 15) is 4.79 Å². The third kappa shape index (κ3) is 1.92. The zero-order valence-corrected chi connectivity index (χ0v) is 6.17. The monoisotopic (exact) mass is 178 g/mol. The summed E-state index contributed by atoms with van der Waals surface area (Å²) >= 11 is 0. The van der Waals surface area contributed by atoms with Crippen molar-refractivity contribution in [1.82, 2.24) is 0 Å². The fraction of sp³-hybridized carbons (Fsp3) is 0.833. The van der Waals surface area contributed by atoms with Crippen molar-refractivity contribution in [3.8, 4) is 0 Å². The predicted molar refractivity (Wildman–Crippen MR) is 34.6 cm³/mol. The summed E-state index contributed by atoms with van der Waals surface area (Å²) in [5.74, 6) is -4.69. The number of carboxylic acids is 1. The SMILES string of the molecule is O=C(O)C1CCC(O)(O)OC1O. The van der Waals surface area contributed by atoms with Crippen LogP contribution in [0.25, 0.3) is 0 Å². The van der Waals surface area contributed by atoms with Gasteiger partial charge in [-0.15, -0.1) is 0 Å². The highest BCUT2D eigenvalue weighted by Crippen LogP contribution is 2.27. The number of aliphatic carboxylic acids is 1. The number of ether oxygens (including phenoxy) is 1. The topological polar surface area (TPSA) is 107 Å². The minimum Gasteiger partial charge on any atom is -0.481 e. The molecule has 6 heteroatoms. The summed E-state index contributed by atoms with van der Waals surface area (Å²) in [6.45, 7) is 0. The van der Waals surface area contributed by atoms with Crippen molar-refractivity contribution in [1.29, 1.82) is 0 Å². The zero-order chi connectivity index (χ0) is 9.35. The van der Waals surface area contributed by atoms with Crippen LogP contribution in [-0.2, 0) is 9.53 Å². The average molecular weight is 178 g/mol. The Morgan fingerprint density at radius 1 is 1.50 bits per heavy atom. The summed E-state index contributed by atoms with van der Waals surface area (Å²) in [4.78, 5) is 10.4. The molecule has 1 rings (SSSR count). The minimum absolute atomic E-state index is 0.0243. The summed E-state index contributed by atoms with van der Waals surface area (Å²) in [5, 5.41) is 35.1. The molecule has 2 unspecified atom stereocenters. The molecule has 1 heterocycles. The van der Waals surface area contributed by atoms with Gasteiger partial charge in [0.05, 0.1) is 0 Å². The number of hydrogen-bond acceptors (Lipinski definition) is 5. The molecular formula is C6H10O6. The van der Waals surface area contributed by atoms with Gasteiger partial charge in [0.15, 0.2) is 6.29 Å². The molecule has 70 valence electrons. The second kappa shape index (κ2) is 2.98. The molecule has 0 aliphatic carbocycles. The first kappa shape index (κ1) is 9.40. The molecule has 0 radical (unpaired) electrons. The Labute approximate surface area is 68.0 Å². The summed E-state index contributed by atoms with van der Waals surface area (Å²) < 4.78 is 4.23. The number of aliphatic hydroxyl groups is 3. The maximum Gasteiger partial charge on any atom is 0.311 e. The molecule has 0 bridgehead atoms. The fourth-order valence-corrected chi connectivity index (χ4v) is 1.07. The Kier molecular flexibility index (Phi) is 2.34. The molecule has 1 aliphatic heterocycles. The number of hydrogen-bond donors (Lipinski definition) is 4. The highest BCUT2D eigenvalue weighted by molar-refractivity contribution is 5.70. The van der Waals surface area contributed by atoms with E-state index in [1.54, 1.807) is 0 Å². The van der Waals surface area contributed by atoms with Gasteiger partial charge in [-0.1, -0.05) is 0 Å². The van der Waals surface area contributed by atoms with Crippen LogP contribution in [0.1, 0.15) is 12.8 Å². The molecule has 0 amide bonds. The van der Waals surface area contributed by atoms with Crippen molar-refractivity contribution >= 4 is 5.97 Å². The van der Waals surface area contributed by atoms with E-state index in [2.05, 4.69) is 4.74 Å². The van der Waals surface area contributed by atoms with Gasteiger partial charge in [0.1, 0.15) is 5.92 Å². The Balaban J connectivity index is 2.60. The van der Waals surface area contributed by atoms with E-state index < -0.39 is 24.2 Å². The molecule has 0 aromatic heterocycles. The summed E-state index contributed by atoms with van der Waals surface area (Å²) in [5.41, 5.74) is 0. The molecule has 0 aromatic rings. The second-order valence-electron chi connectivity index (χ2n) is 2.73. The molecule has 0 aromatic carbocycles. The lowest BCUT2D eigenvalue weighted by molar-refractivity contribution is -0.406. The number of carbonyl (C=O) groups is 1. The molecule has 2 atom stereocenters. The van der Waals surface area contributed by atoms with E-state index in [1.165, 1.54) is 0 Å². The normalized spacial score (nSPS) is 34.6. The van der Waals surface area contributed by atoms with Crippen LogP contribution in [-0.4, -0.2) is 38.7 Å². The lowest BCUT2D eigenvalue weighted by Crippen LogP contribution is -2.47. The van der Waals surface area contributed by atoms with Gasteiger partial charge < -0.3 is 20.4 Å². The third-order valence-electron chi connectivity index (χ3n) is 1.75. The van der Waals surface area contributed by atoms with Gasteiger partial charge in [0.2, 0.25) is 0 Å². The highest BCUT2D eigenvalue weighted by atomic mass is 16.8. The summed E-state index contributed by atoms with van der Waals surface area (Å²) in [7, 11) is 0. The van der Waals surface area contributed by atoms with E-state index in [-0.39, 0.29) is 12.8 Å². The number of rotatable bonds is 1. The van der Waals surface area contributed by atoms with Gasteiger partial charge in [-0.25, -0.2) is 0 Å². The first-order valence-electron chi connectivity index (χ1n) is 3.46. The van der Waals surface area contributed by atoms with Gasteiger partial charge >= 0.3 is 5.97 Å². The fourth-order valence-electron chi connectivity index (χ4n) is 1.07. The second-order valence-corrected chi connectivity index (χ2v) is 2.73. The first-order chi connectivity index (χ1) is 5.42. The molecule has 6 nitrogen and oxygen atoms in total. The van der Waals surface area contributed by atoms with E-state index in [1.807, 2.05) is 0 Å². The Bertz CT molecular complexity index is 188.